The zero-order valence-electron chi connectivity index (χ0n) is 16.0. The molecule has 0 bridgehead atoms. The van der Waals surface area contributed by atoms with E-state index < -0.39 is 39.9 Å². The number of carbonyl (C=O) groups excluding carboxylic acids is 1. The summed E-state index contributed by atoms with van der Waals surface area (Å²) in [6.45, 7) is 3.37. The molecule has 1 aromatic carbocycles. The van der Waals surface area contributed by atoms with Gasteiger partial charge in [0.15, 0.2) is 0 Å². The van der Waals surface area contributed by atoms with Crippen molar-refractivity contribution in [3.05, 3.63) is 64.3 Å². The van der Waals surface area contributed by atoms with Crippen LogP contribution in [0.1, 0.15) is 25.5 Å². The average molecular weight is 420 g/mol. The van der Waals surface area contributed by atoms with Crippen LogP contribution in [0.4, 0.5) is 4.39 Å². The molecule has 0 aliphatic rings. The number of nitrogens with one attached hydrogen (secondary N) is 1. The molecule has 10 heteroatoms. The number of rotatable bonds is 8. The Kier molecular flexibility index (Phi) is 7.25. The minimum atomic E-state index is -3.81. The van der Waals surface area contributed by atoms with E-state index in [4.69, 9.17) is 0 Å². The average Bonchev–Trinajstić information content (AvgIpc) is 2.69. The Morgan fingerprint density at radius 2 is 1.90 bits per heavy atom. The standard InChI is InChI=1S/C19H21FN4O4S/c1-3-24(4-2)29(27,28)14-9-10-19(26)23(12-14)13-18(25)22-17(11-21)15-7-5-6-8-16(15)20/h5-10,12,17H,3-4,13H2,1-2H3,(H,22,25). The van der Waals surface area contributed by atoms with Crippen molar-refractivity contribution in [1.29, 1.82) is 5.26 Å². The summed E-state index contributed by atoms with van der Waals surface area (Å²) in [5, 5.41) is 11.6. The maximum absolute atomic E-state index is 13.9. The summed E-state index contributed by atoms with van der Waals surface area (Å²) in [5.74, 6) is -1.39. The van der Waals surface area contributed by atoms with Gasteiger partial charge in [-0.3, -0.25) is 9.59 Å². The molecule has 154 valence electrons. The predicted molar refractivity (Wildman–Crippen MR) is 104 cm³/mol. The topological polar surface area (TPSA) is 112 Å². The number of pyridine rings is 1. The van der Waals surface area contributed by atoms with Crippen molar-refractivity contribution < 1.29 is 17.6 Å². The summed E-state index contributed by atoms with van der Waals surface area (Å²) < 4.78 is 41.3. The molecule has 1 unspecified atom stereocenters. The van der Waals surface area contributed by atoms with Crippen LogP contribution in [-0.2, 0) is 21.4 Å². The molecule has 1 heterocycles. The third-order valence-electron chi connectivity index (χ3n) is 4.26. The zero-order chi connectivity index (χ0) is 21.6. The highest BCUT2D eigenvalue weighted by molar-refractivity contribution is 7.89. The number of aromatic nitrogens is 1. The van der Waals surface area contributed by atoms with Crippen molar-refractivity contribution in [2.24, 2.45) is 0 Å². The van der Waals surface area contributed by atoms with Crippen LogP contribution in [0.3, 0.4) is 0 Å². The summed E-state index contributed by atoms with van der Waals surface area (Å²) in [4.78, 5) is 24.3. The second-order valence-corrected chi connectivity index (χ2v) is 8.01. The Morgan fingerprint density at radius 1 is 1.24 bits per heavy atom. The maximum atomic E-state index is 13.9. The minimum absolute atomic E-state index is 0.00596. The Bertz CT molecular complexity index is 1090. The van der Waals surface area contributed by atoms with E-state index >= 15 is 0 Å². The number of amides is 1. The third kappa shape index (κ3) is 5.07. The van der Waals surface area contributed by atoms with E-state index in [0.29, 0.717) is 0 Å². The van der Waals surface area contributed by atoms with Gasteiger partial charge in [0.2, 0.25) is 15.9 Å². The lowest BCUT2D eigenvalue weighted by Gasteiger charge is -2.19. The summed E-state index contributed by atoms with van der Waals surface area (Å²) >= 11 is 0. The summed E-state index contributed by atoms with van der Waals surface area (Å²) in [6.07, 6.45) is 1.08. The van der Waals surface area contributed by atoms with Gasteiger partial charge in [0.1, 0.15) is 18.4 Å². The van der Waals surface area contributed by atoms with Gasteiger partial charge in [0.05, 0.1) is 11.0 Å². The normalized spacial score (nSPS) is 12.4. The summed E-state index contributed by atoms with van der Waals surface area (Å²) in [6, 6.07) is 8.30. The van der Waals surface area contributed by atoms with Crippen molar-refractivity contribution in [2.75, 3.05) is 13.1 Å². The molecular formula is C19H21FN4O4S. The highest BCUT2D eigenvalue weighted by atomic mass is 32.2. The molecule has 2 aromatic rings. The van der Waals surface area contributed by atoms with E-state index in [9.17, 15) is 27.7 Å². The van der Waals surface area contributed by atoms with E-state index in [0.717, 1.165) is 22.9 Å². The lowest BCUT2D eigenvalue weighted by atomic mass is 10.1. The monoisotopic (exact) mass is 420 g/mol. The van der Waals surface area contributed by atoms with Crippen molar-refractivity contribution in [3.8, 4) is 6.07 Å². The van der Waals surface area contributed by atoms with Crippen LogP contribution in [0.25, 0.3) is 0 Å². The quantitative estimate of drug-likeness (QED) is 0.694. The van der Waals surface area contributed by atoms with E-state index in [-0.39, 0.29) is 23.5 Å². The molecule has 8 nitrogen and oxygen atoms in total. The molecule has 1 atom stereocenters. The second-order valence-electron chi connectivity index (χ2n) is 6.07. The largest absolute Gasteiger partial charge is 0.335 e. The van der Waals surface area contributed by atoms with Gasteiger partial charge in [0.25, 0.3) is 5.56 Å². The fourth-order valence-electron chi connectivity index (χ4n) is 2.75. The summed E-state index contributed by atoms with van der Waals surface area (Å²) in [7, 11) is -3.81. The fraction of sp³-hybridized carbons (Fsp3) is 0.316. The minimum Gasteiger partial charge on any atom is -0.335 e. The molecule has 0 radical (unpaired) electrons. The van der Waals surface area contributed by atoms with Crippen molar-refractivity contribution >= 4 is 15.9 Å². The second kappa shape index (κ2) is 9.45. The number of halogens is 1. The number of benzene rings is 1. The van der Waals surface area contributed by atoms with Gasteiger partial charge in [0, 0.05) is 30.9 Å². The molecule has 0 saturated carbocycles. The predicted octanol–water partition coefficient (Wildman–Crippen LogP) is 1.40. The molecule has 0 spiro atoms. The number of hydrogen-bond donors (Lipinski definition) is 1. The van der Waals surface area contributed by atoms with Crippen LogP contribution in [0.2, 0.25) is 0 Å². The molecular weight excluding hydrogens is 399 g/mol. The van der Waals surface area contributed by atoms with Crippen LogP contribution >= 0.6 is 0 Å². The smallest absolute Gasteiger partial charge is 0.251 e. The molecule has 0 fully saturated rings. The number of nitrogens with zero attached hydrogens (tertiary/aromatic N) is 3. The van der Waals surface area contributed by atoms with Crippen LogP contribution in [-0.4, -0.2) is 36.3 Å². The molecule has 2 rings (SSSR count). The van der Waals surface area contributed by atoms with Gasteiger partial charge in [-0.25, -0.2) is 12.8 Å². The first-order valence-corrected chi connectivity index (χ1v) is 10.3. The lowest BCUT2D eigenvalue weighted by Crippen LogP contribution is -2.35. The fourth-order valence-corrected chi connectivity index (χ4v) is 4.23. The van der Waals surface area contributed by atoms with E-state index in [2.05, 4.69) is 5.32 Å². The van der Waals surface area contributed by atoms with Gasteiger partial charge in [-0.05, 0) is 12.1 Å². The molecule has 0 saturated heterocycles. The Hall–Kier alpha value is -3.03. The van der Waals surface area contributed by atoms with Crippen LogP contribution in [0.15, 0.2) is 52.3 Å². The van der Waals surface area contributed by atoms with Crippen LogP contribution < -0.4 is 10.9 Å². The summed E-state index contributed by atoms with van der Waals surface area (Å²) in [5.41, 5.74) is -0.591. The molecule has 1 amide bonds. The molecule has 0 aliphatic carbocycles. The first-order valence-electron chi connectivity index (χ1n) is 8.88. The highest BCUT2D eigenvalue weighted by Crippen LogP contribution is 2.16. The highest BCUT2D eigenvalue weighted by Gasteiger charge is 2.23. The number of hydrogen-bond acceptors (Lipinski definition) is 5. The van der Waals surface area contributed by atoms with Gasteiger partial charge in [-0.2, -0.15) is 9.57 Å². The molecule has 29 heavy (non-hydrogen) atoms. The molecule has 0 aliphatic heterocycles. The number of carbonyl (C=O) groups is 1. The lowest BCUT2D eigenvalue weighted by molar-refractivity contribution is -0.122. The van der Waals surface area contributed by atoms with Gasteiger partial charge < -0.3 is 9.88 Å². The SMILES string of the molecule is CCN(CC)S(=O)(=O)c1ccc(=O)n(CC(=O)NC(C#N)c2ccccc2F)c1. The van der Waals surface area contributed by atoms with E-state index in [1.54, 1.807) is 19.9 Å². The molecule has 1 N–H and O–H groups in total. The van der Waals surface area contributed by atoms with Crippen molar-refractivity contribution in [1.82, 2.24) is 14.2 Å². The Labute approximate surface area is 168 Å². The van der Waals surface area contributed by atoms with Gasteiger partial charge in [-0.15, -0.1) is 0 Å². The zero-order valence-corrected chi connectivity index (χ0v) is 16.8. The van der Waals surface area contributed by atoms with E-state index in [1.165, 1.54) is 28.6 Å². The number of nitriles is 1. The van der Waals surface area contributed by atoms with Gasteiger partial charge >= 0.3 is 0 Å². The Balaban J connectivity index is 2.26. The van der Waals surface area contributed by atoms with Crippen LogP contribution in [0.5, 0.6) is 0 Å². The molecule has 1 aromatic heterocycles. The first-order chi connectivity index (χ1) is 13.7. The van der Waals surface area contributed by atoms with Crippen molar-refractivity contribution in [2.45, 2.75) is 31.3 Å². The van der Waals surface area contributed by atoms with Crippen molar-refractivity contribution in [3.63, 3.8) is 0 Å². The van der Waals surface area contributed by atoms with Gasteiger partial charge in [-0.1, -0.05) is 32.0 Å². The van der Waals surface area contributed by atoms with Crippen LogP contribution in [0, 0.1) is 17.1 Å². The first kappa shape index (κ1) is 22.3. The van der Waals surface area contributed by atoms with E-state index in [1.807, 2.05) is 0 Å². The third-order valence-corrected chi connectivity index (χ3v) is 6.30. The Morgan fingerprint density at radius 3 is 2.48 bits per heavy atom. The number of sulfonamides is 1. The maximum Gasteiger partial charge on any atom is 0.251 e.